The zero-order valence-corrected chi connectivity index (χ0v) is 21.7. The Balaban J connectivity index is 0.00000324. The normalized spacial score (nSPS) is 24.8. The third kappa shape index (κ3) is 4.85. The fourth-order valence-corrected chi connectivity index (χ4v) is 6.37. The molecule has 2 aliphatic heterocycles. The Hall–Kier alpha value is -2.05. The van der Waals surface area contributed by atoms with Crippen molar-refractivity contribution in [3.8, 4) is 0 Å². The maximum atomic E-state index is 13.1. The number of hydrogen-bond acceptors (Lipinski definition) is 6. The van der Waals surface area contributed by atoms with Gasteiger partial charge in [0.25, 0.3) is 0 Å². The largest absolute Gasteiger partial charge is 0.466 e. The predicted octanol–water partition coefficient (Wildman–Crippen LogP) is 4.62. The lowest BCUT2D eigenvalue weighted by atomic mass is 9.76. The summed E-state index contributed by atoms with van der Waals surface area (Å²) in [6.07, 6.45) is 6.70. The van der Waals surface area contributed by atoms with Crippen molar-refractivity contribution in [2.24, 2.45) is 11.8 Å². The van der Waals surface area contributed by atoms with Crippen molar-refractivity contribution in [1.29, 1.82) is 0 Å². The molecule has 0 N–H and O–H groups in total. The van der Waals surface area contributed by atoms with Crippen LogP contribution in [0.3, 0.4) is 0 Å². The van der Waals surface area contributed by atoms with Crippen LogP contribution in [0, 0.1) is 11.8 Å². The molecule has 3 aliphatic rings. The van der Waals surface area contributed by atoms with E-state index in [0.717, 1.165) is 43.5 Å². The lowest BCUT2D eigenvalue weighted by Gasteiger charge is -2.49. The molecule has 7 heteroatoms. The molecule has 0 atom stereocenters. The van der Waals surface area contributed by atoms with Gasteiger partial charge in [0.1, 0.15) is 0 Å². The van der Waals surface area contributed by atoms with E-state index in [1.807, 2.05) is 18.2 Å². The summed E-state index contributed by atoms with van der Waals surface area (Å²) in [5.41, 5.74) is 1.38. The molecular weight excluding hydrogens is 452 g/mol. The summed E-state index contributed by atoms with van der Waals surface area (Å²) in [5.74, 6) is 0.748. The standard InChI is InChI=1S/C27H38N2O4.ClH/c1-19(2)20-10-12-21(13-11-20)28-16-14-27(15-17-28)24(26(31)33-4)23(25(30)32-3)18-29(27)22-8-6-5-7-9-22;/h5-9,19-21H,10-18H2,1-4H3;1H. The molecule has 1 aromatic rings. The Kier molecular flexibility index (Phi) is 8.69. The van der Waals surface area contributed by atoms with Crippen LogP contribution < -0.4 is 4.90 Å². The second-order valence-corrected chi connectivity index (χ2v) is 10.1. The molecule has 4 rings (SSSR count). The molecular formula is C27H39ClN2O4. The van der Waals surface area contributed by atoms with Crippen molar-refractivity contribution in [1.82, 2.24) is 4.90 Å². The van der Waals surface area contributed by atoms with Crippen LogP contribution in [0.5, 0.6) is 0 Å². The molecule has 0 amide bonds. The fourth-order valence-electron chi connectivity index (χ4n) is 6.37. The number of nitrogens with zero attached hydrogens (tertiary/aromatic N) is 2. The molecule has 2 heterocycles. The van der Waals surface area contributed by atoms with Gasteiger partial charge in [0, 0.05) is 24.8 Å². The minimum atomic E-state index is -0.552. The topological polar surface area (TPSA) is 59.1 Å². The van der Waals surface area contributed by atoms with Gasteiger partial charge in [0.15, 0.2) is 0 Å². The third-order valence-electron chi connectivity index (χ3n) is 8.31. The summed E-state index contributed by atoms with van der Waals surface area (Å²) in [6.45, 7) is 6.87. The van der Waals surface area contributed by atoms with Gasteiger partial charge in [-0.1, -0.05) is 32.0 Å². The number of rotatable bonds is 5. The van der Waals surface area contributed by atoms with E-state index in [1.165, 1.54) is 39.9 Å². The quantitative estimate of drug-likeness (QED) is 0.561. The smallest absolute Gasteiger partial charge is 0.336 e. The molecule has 1 aromatic carbocycles. The number of anilines is 1. The van der Waals surface area contributed by atoms with Gasteiger partial charge in [-0.2, -0.15) is 0 Å². The number of halogens is 1. The van der Waals surface area contributed by atoms with Crippen molar-refractivity contribution >= 4 is 30.0 Å². The number of benzene rings is 1. The van der Waals surface area contributed by atoms with Crippen LogP contribution in [0.1, 0.15) is 52.4 Å². The van der Waals surface area contributed by atoms with Crippen molar-refractivity contribution in [2.75, 3.05) is 38.8 Å². The fraction of sp³-hybridized carbons (Fsp3) is 0.630. The Morgan fingerprint density at radius 2 is 1.53 bits per heavy atom. The van der Waals surface area contributed by atoms with Crippen LogP contribution in [-0.4, -0.2) is 62.3 Å². The maximum absolute atomic E-state index is 13.1. The van der Waals surface area contributed by atoms with Crippen molar-refractivity contribution in [3.63, 3.8) is 0 Å². The number of carbonyl (C=O) groups is 2. The highest BCUT2D eigenvalue weighted by Gasteiger charge is 2.53. The van der Waals surface area contributed by atoms with Crippen LogP contribution >= 0.6 is 12.4 Å². The van der Waals surface area contributed by atoms with Crippen molar-refractivity contribution < 1.29 is 19.1 Å². The third-order valence-corrected chi connectivity index (χ3v) is 8.31. The van der Waals surface area contributed by atoms with E-state index >= 15 is 0 Å². The number of methoxy groups -OCH3 is 2. The van der Waals surface area contributed by atoms with Crippen molar-refractivity contribution in [3.05, 3.63) is 41.5 Å². The Labute approximate surface area is 210 Å². The summed E-state index contributed by atoms with van der Waals surface area (Å²) in [7, 11) is 2.77. The molecule has 1 saturated heterocycles. The van der Waals surface area contributed by atoms with E-state index in [2.05, 4.69) is 35.8 Å². The van der Waals surface area contributed by atoms with Gasteiger partial charge in [0.2, 0.25) is 0 Å². The van der Waals surface area contributed by atoms with Crippen LogP contribution in [0.2, 0.25) is 0 Å². The van der Waals surface area contributed by atoms with E-state index in [0.29, 0.717) is 23.7 Å². The van der Waals surface area contributed by atoms with Crippen LogP contribution in [0.15, 0.2) is 41.5 Å². The SMILES string of the molecule is COC(=O)C1=C(C(=O)OC)C2(CCN(C3CCC(C(C)C)CC3)CC2)N(c2ccccc2)C1.Cl. The van der Waals surface area contributed by atoms with Gasteiger partial charge in [-0.3, -0.25) is 0 Å². The molecule has 0 aromatic heterocycles. The molecule has 0 bridgehead atoms. The summed E-state index contributed by atoms with van der Waals surface area (Å²) in [6, 6.07) is 10.7. The van der Waals surface area contributed by atoms with Gasteiger partial charge in [-0.05, 0) is 62.5 Å². The first-order valence-electron chi connectivity index (χ1n) is 12.4. The molecule has 0 radical (unpaired) electrons. The molecule has 1 aliphatic carbocycles. The lowest BCUT2D eigenvalue weighted by molar-refractivity contribution is -0.139. The first-order chi connectivity index (χ1) is 15.9. The van der Waals surface area contributed by atoms with Gasteiger partial charge < -0.3 is 19.3 Å². The molecule has 188 valence electrons. The highest BCUT2D eigenvalue weighted by atomic mass is 35.5. The molecule has 6 nitrogen and oxygen atoms in total. The average molecular weight is 491 g/mol. The van der Waals surface area contributed by atoms with Gasteiger partial charge in [-0.15, -0.1) is 12.4 Å². The minimum absolute atomic E-state index is 0. The molecule has 2 fully saturated rings. The number of hydrogen-bond donors (Lipinski definition) is 0. The first-order valence-corrected chi connectivity index (χ1v) is 12.4. The summed E-state index contributed by atoms with van der Waals surface area (Å²) >= 11 is 0. The highest BCUT2D eigenvalue weighted by Crippen LogP contribution is 2.46. The van der Waals surface area contributed by atoms with Gasteiger partial charge in [0.05, 0.1) is 37.4 Å². The highest BCUT2D eigenvalue weighted by molar-refractivity contribution is 6.05. The Bertz CT molecular complexity index is 885. The second-order valence-electron chi connectivity index (χ2n) is 10.1. The average Bonchev–Trinajstić information content (AvgIpc) is 3.18. The van der Waals surface area contributed by atoms with E-state index in [9.17, 15) is 9.59 Å². The van der Waals surface area contributed by atoms with E-state index in [1.54, 1.807) is 0 Å². The number of carbonyl (C=O) groups excluding carboxylic acids is 2. The first kappa shape index (κ1) is 26.6. The minimum Gasteiger partial charge on any atom is -0.466 e. The molecule has 1 saturated carbocycles. The predicted molar refractivity (Wildman–Crippen MR) is 136 cm³/mol. The van der Waals surface area contributed by atoms with Crippen LogP contribution in [-0.2, 0) is 19.1 Å². The Morgan fingerprint density at radius 1 is 0.941 bits per heavy atom. The number of esters is 2. The summed E-state index contributed by atoms with van der Waals surface area (Å²) in [5, 5.41) is 0. The molecule has 1 spiro atoms. The van der Waals surface area contributed by atoms with Crippen molar-refractivity contribution in [2.45, 2.75) is 64.0 Å². The van der Waals surface area contributed by atoms with Crippen LogP contribution in [0.25, 0.3) is 0 Å². The summed E-state index contributed by atoms with van der Waals surface area (Å²) in [4.78, 5) is 30.6. The number of ether oxygens (including phenoxy) is 2. The zero-order chi connectivity index (χ0) is 23.6. The lowest BCUT2D eigenvalue weighted by Crippen LogP contribution is -2.57. The number of para-hydroxylation sites is 1. The monoisotopic (exact) mass is 490 g/mol. The molecule has 0 unspecified atom stereocenters. The summed E-state index contributed by atoms with van der Waals surface area (Å²) < 4.78 is 10.3. The van der Waals surface area contributed by atoms with Crippen LogP contribution in [0.4, 0.5) is 5.69 Å². The number of piperidine rings is 1. The number of likely N-dealkylation sites (tertiary alicyclic amines) is 1. The molecule has 34 heavy (non-hydrogen) atoms. The van der Waals surface area contributed by atoms with E-state index in [4.69, 9.17) is 9.47 Å². The van der Waals surface area contributed by atoms with Gasteiger partial charge >= 0.3 is 11.9 Å². The van der Waals surface area contributed by atoms with E-state index < -0.39 is 17.5 Å². The maximum Gasteiger partial charge on any atom is 0.336 e. The van der Waals surface area contributed by atoms with Gasteiger partial charge in [-0.25, -0.2) is 9.59 Å². The zero-order valence-electron chi connectivity index (χ0n) is 20.9. The second kappa shape index (κ2) is 11.1. The van der Waals surface area contributed by atoms with E-state index in [-0.39, 0.29) is 12.4 Å². The Morgan fingerprint density at radius 3 is 2.06 bits per heavy atom.